The number of methoxy groups -OCH3 is 1. The van der Waals surface area contributed by atoms with Gasteiger partial charge in [0, 0.05) is 11.6 Å². The SMILES string of the molecule is COc1ccccc1CC(=O)NC(=N)NC(C)C. The lowest BCUT2D eigenvalue weighted by Crippen LogP contribution is -2.43. The van der Waals surface area contributed by atoms with E-state index >= 15 is 0 Å². The zero-order valence-corrected chi connectivity index (χ0v) is 10.9. The summed E-state index contributed by atoms with van der Waals surface area (Å²) < 4.78 is 5.17. The van der Waals surface area contributed by atoms with Crippen LogP contribution in [0.2, 0.25) is 0 Å². The number of guanidine groups is 1. The number of carbonyl (C=O) groups excluding carboxylic acids is 1. The number of amides is 1. The monoisotopic (exact) mass is 249 g/mol. The highest BCUT2D eigenvalue weighted by atomic mass is 16.5. The van der Waals surface area contributed by atoms with Gasteiger partial charge in [0.05, 0.1) is 13.5 Å². The lowest BCUT2D eigenvalue weighted by atomic mass is 10.1. The fourth-order valence-corrected chi connectivity index (χ4v) is 1.53. The number of nitrogens with one attached hydrogen (secondary N) is 3. The van der Waals surface area contributed by atoms with Crippen LogP contribution in [-0.2, 0) is 11.2 Å². The van der Waals surface area contributed by atoms with Crippen LogP contribution in [0.5, 0.6) is 5.75 Å². The normalized spacial score (nSPS) is 10.0. The van der Waals surface area contributed by atoms with Gasteiger partial charge in [-0.2, -0.15) is 0 Å². The molecule has 0 bridgehead atoms. The van der Waals surface area contributed by atoms with Crippen molar-refractivity contribution in [2.45, 2.75) is 26.3 Å². The molecule has 0 aliphatic rings. The first kappa shape index (κ1) is 14.0. The number of para-hydroxylation sites is 1. The van der Waals surface area contributed by atoms with Crippen LogP contribution in [0, 0.1) is 5.41 Å². The number of hydrogen-bond donors (Lipinski definition) is 3. The minimum Gasteiger partial charge on any atom is -0.496 e. The molecule has 0 unspecified atom stereocenters. The Labute approximate surface area is 107 Å². The van der Waals surface area contributed by atoms with E-state index in [9.17, 15) is 4.79 Å². The average Bonchev–Trinajstić information content (AvgIpc) is 2.28. The molecule has 0 fully saturated rings. The van der Waals surface area contributed by atoms with Crippen molar-refractivity contribution in [2.24, 2.45) is 0 Å². The van der Waals surface area contributed by atoms with E-state index in [-0.39, 0.29) is 24.3 Å². The minimum absolute atomic E-state index is 0.0184. The van der Waals surface area contributed by atoms with Crippen LogP contribution in [0.15, 0.2) is 24.3 Å². The molecule has 3 N–H and O–H groups in total. The molecule has 98 valence electrons. The van der Waals surface area contributed by atoms with E-state index in [1.807, 2.05) is 32.0 Å². The van der Waals surface area contributed by atoms with Gasteiger partial charge in [-0.1, -0.05) is 18.2 Å². The topological polar surface area (TPSA) is 74.2 Å². The van der Waals surface area contributed by atoms with E-state index in [0.29, 0.717) is 5.75 Å². The highest BCUT2D eigenvalue weighted by Gasteiger charge is 2.09. The van der Waals surface area contributed by atoms with Crippen molar-refractivity contribution < 1.29 is 9.53 Å². The number of carbonyl (C=O) groups is 1. The fraction of sp³-hybridized carbons (Fsp3) is 0.385. The molecule has 18 heavy (non-hydrogen) atoms. The lowest BCUT2D eigenvalue weighted by Gasteiger charge is -2.12. The van der Waals surface area contributed by atoms with Gasteiger partial charge in [0.1, 0.15) is 5.75 Å². The predicted molar refractivity (Wildman–Crippen MR) is 70.8 cm³/mol. The van der Waals surface area contributed by atoms with Crippen molar-refractivity contribution in [3.63, 3.8) is 0 Å². The van der Waals surface area contributed by atoms with E-state index in [1.165, 1.54) is 0 Å². The van der Waals surface area contributed by atoms with E-state index < -0.39 is 0 Å². The van der Waals surface area contributed by atoms with Crippen molar-refractivity contribution in [2.75, 3.05) is 7.11 Å². The van der Waals surface area contributed by atoms with E-state index in [4.69, 9.17) is 10.1 Å². The highest BCUT2D eigenvalue weighted by molar-refractivity contribution is 5.96. The summed E-state index contributed by atoms with van der Waals surface area (Å²) in [6.45, 7) is 3.81. The van der Waals surface area contributed by atoms with Gasteiger partial charge in [-0.15, -0.1) is 0 Å². The fourth-order valence-electron chi connectivity index (χ4n) is 1.53. The molecule has 0 saturated heterocycles. The van der Waals surface area contributed by atoms with E-state index in [0.717, 1.165) is 5.56 Å². The molecule has 1 aromatic carbocycles. The minimum atomic E-state index is -0.238. The number of hydrogen-bond acceptors (Lipinski definition) is 3. The third-order valence-corrected chi connectivity index (χ3v) is 2.24. The Hall–Kier alpha value is -2.04. The third-order valence-electron chi connectivity index (χ3n) is 2.24. The Kier molecular flexibility index (Phi) is 5.17. The smallest absolute Gasteiger partial charge is 0.231 e. The predicted octanol–water partition coefficient (Wildman–Crippen LogP) is 1.29. The molecule has 0 saturated carbocycles. The van der Waals surface area contributed by atoms with Crippen molar-refractivity contribution in [1.29, 1.82) is 5.41 Å². The molecule has 1 rings (SSSR count). The maximum atomic E-state index is 11.7. The summed E-state index contributed by atoms with van der Waals surface area (Å²) in [6.07, 6.45) is 0.187. The van der Waals surface area contributed by atoms with Crippen molar-refractivity contribution in [3.8, 4) is 5.75 Å². The van der Waals surface area contributed by atoms with Crippen molar-refractivity contribution in [1.82, 2.24) is 10.6 Å². The highest BCUT2D eigenvalue weighted by Crippen LogP contribution is 2.17. The summed E-state index contributed by atoms with van der Waals surface area (Å²) in [5.74, 6) is 0.457. The van der Waals surface area contributed by atoms with Gasteiger partial charge in [-0.05, 0) is 19.9 Å². The van der Waals surface area contributed by atoms with E-state index in [2.05, 4.69) is 10.6 Å². The van der Waals surface area contributed by atoms with Gasteiger partial charge in [0.15, 0.2) is 5.96 Å². The average molecular weight is 249 g/mol. The van der Waals surface area contributed by atoms with E-state index in [1.54, 1.807) is 13.2 Å². The molecule has 0 heterocycles. The van der Waals surface area contributed by atoms with Gasteiger partial charge < -0.3 is 10.1 Å². The lowest BCUT2D eigenvalue weighted by molar-refractivity contribution is -0.119. The van der Waals surface area contributed by atoms with Crippen LogP contribution in [0.1, 0.15) is 19.4 Å². The quantitative estimate of drug-likeness (QED) is 0.556. The molecule has 1 aromatic rings. The molecular weight excluding hydrogens is 230 g/mol. The van der Waals surface area contributed by atoms with Crippen molar-refractivity contribution in [3.05, 3.63) is 29.8 Å². The van der Waals surface area contributed by atoms with Gasteiger partial charge in [-0.3, -0.25) is 15.5 Å². The number of ether oxygens (including phenoxy) is 1. The summed E-state index contributed by atoms with van der Waals surface area (Å²) in [6, 6.07) is 7.45. The molecule has 1 amide bonds. The second-order valence-electron chi connectivity index (χ2n) is 4.21. The molecule has 5 heteroatoms. The van der Waals surface area contributed by atoms with Gasteiger partial charge in [0.25, 0.3) is 0 Å². The van der Waals surface area contributed by atoms with Crippen LogP contribution in [0.25, 0.3) is 0 Å². The molecular formula is C13H19N3O2. The first-order valence-electron chi connectivity index (χ1n) is 5.79. The Morgan fingerprint density at radius 3 is 2.67 bits per heavy atom. The first-order valence-corrected chi connectivity index (χ1v) is 5.79. The molecule has 0 radical (unpaired) electrons. The molecule has 0 atom stereocenters. The zero-order valence-electron chi connectivity index (χ0n) is 10.9. The number of rotatable bonds is 4. The summed E-state index contributed by atoms with van der Waals surface area (Å²) in [4.78, 5) is 11.7. The maximum Gasteiger partial charge on any atom is 0.231 e. The molecule has 0 aliphatic carbocycles. The number of benzene rings is 1. The zero-order chi connectivity index (χ0) is 13.5. The molecule has 0 aliphatic heterocycles. The van der Waals surface area contributed by atoms with Crippen LogP contribution in [0.3, 0.4) is 0 Å². The Morgan fingerprint density at radius 1 is 1.39 bits per heavy atom. The summed E-state index contributed by atoms with van der Waals surface area (Å²) in [5, 5.41) is 12.8. The van der Waals surface area contributed by atoms with Crippen molar-refractivity contribution >= 4 is 11.9 Å². The summed E-state index contributed by atoms with van der Waals surface area (Å²) in [7, 11) is 1.57. The first-order chi connectivity index (χ1) is 8.52. The van der Waals surface area contributed by atoms with Crippen LogP contribution >= 0.6 is 0 Å². The largest absolute Gasteiger partial charge is 0.496 e. The van der Waals surface area contributed by atoms with Crippen LogP contribution < -0.4 is 15.4 Å². The molecule has 0 aromatic heterocycles. The van der Waals surface area contributed by atoms with Crippen LogP contribution in [0.4, 0.5) is 0 Å². The third kappa shape index (κ3) is 4.45. The van der Waals surface area contributed by atoms with Gasteiger partial charge >= 0.3 is 0 Å². The second kappa shape index (κ2) is 6.64. The van der Waals surface area contributed by atoms with Gasteiger partial charge in [-0.25, -0.2) is 0 Å². The standard InChI is InChI=1S/C13H19N3O2/c1-9(2)15-13(14)16-12(17)8-10-6-4-5-7-11(10)18-3/h4-7,9H,8H2,1-3H3,(H3,14,15,16,17). The Morgan fingerprint density at radius 2 is 2.06 bits per heavy atom. The Balaban J connectivity index is 2.57. The molecule has 0 spiro atoms. The Bertz CT molecular complexity index is 430. The van der Waals surface area contributed by atoms with Gasteiger partial charge in [0.2, 0.25) is 5.91 Å². The second-order valence-corrected chi connectivity index (χ2v) is 4.21. The van der Waals surface area contributed by atoms with Crippen LogP contribution in [-0.4, -0.2) is 25.0 Å². The summed E-state index contributed by atoms with van der Waals surface area (Å²) >= 11 is 0. The molecule has 5 nitrogen and oxygen atoms in total. The maximum absolute atomic E-state index is 11.7. The summed E-state index contributed by atoms with van der Waals surface area (Å²) in [5.41, 5.74) is 0.801.